The Balaban J connectivity index is 0. The molecule has 40 valence electrons. The van der Waals surface area contributed by atoms with Gasteiger partial charge in [0, 0.05) is 0 Å². The molecule has 0 bridgehead atoms. The summed E-state index contributed by atoms with van der Waals surface area (Å²) in [4.78, 5) is 0. The normalized spacial score (nSPS) is 5.00. The van der Waals surface area contributed by atoms with E-state index in [1.54, 1.807) is 0 Å². The van der Waals surface area contributed by atoms with Crippen LogP contribution in [0.25, 0.3) is 0 Å². The number of hydrogen-bond acceptors (Lipinski definition) is 2. The summed E-state index contributed by atoms with van der Waals surface area (Å²) in [5, 5.41) is 0. The number of hydrogen-bond donors (Lipinski definition) is 0. The Bertz CT molecular complexity index is 55.2. The van der Waals surface area contributed by atoms with Gasteiger partial charge in [0.15, 0.2) is 0 Å². The maximum atomic E-state index is 8.50. The van der Waals surface area contributed by atoms with Crippen molar-refractivity contribution >= 4 is 41.5 Å². The molecule has 7 heteroatoms. The Labute approximate surface area is 66.7 Å². The van der Waals surface area contributed by atoms with Crippen LogP contribution in [0.1, 0.15) is 0 Å². The molecule has 0 aromatic rings. The molecule has 0 saturated carbocycles. The summed E-state index contributed by atoms with van der Waals surface area (Å²) in [6.45, 7) is 0. The standard InChI is InChI=1S/Al.3ClH.2O.Ti/h;3*1H;;;/q+3;;;;;;/p-3. The van der Waals surface area contributed by atoms with Crippen LogP contribution >= 0.6 is 30.1 Å². The molecule has 0 N–H and O–H groups in total. The van der Waals surface area contributed by atoms with Crippen LogP contribution in [0.4, 0.5) is 0 Å². The summed E-state index contributed by atoms with van der Waals surface area (Å²) in [5.41, 5.74) is 0. The molecule has 0 atom stereocenters. The maximum absolute atomic E-state index is 8.50. The van der Waals surface area contributed by atoms with Crippen molar-refractivity contribution in [2.75, 3.05) is 0 Å². The average molecular weight is 213 g/mol. The zero-order valence-corrected chi connectivity index (χ0v) is 8.01. The molecular weight excluding hydrogens is 213 g/mol. The van der Waals surface area contributed by atoms with E-state index >= 15 is 0 Å². The first kappa shape index (κ1) is 11.5. The van der Waals surface area contributed by atoms with Gasteiger partial charge < -0.3 is 0 Å². The Morgan fingerprint density at radius 2 is 1.14 bits per heavy atom. The van der Waals surface area contributed by atoms with E-state index in [1.165, 1.54) is 0 Å². The van der Waals surface area contributed by atoms with E-state index in [0.29, 0.717) is 0 Å². The Morgan fingerprint density at radius 1 is 1.14 bits per heavy atom. The fourth-order valence-electron chi connectivity index (χ4n) is 0. The van der Waals surface area contributed by atoms with Crippen molar-refractivity contribution < 1.29 is 25.7 Å². The third kappa shape index (κ3) is 85.6. The molecule has 0 amide bonds. The van der Waals surface area contributed by atoms with Crippen LogP contribution in [0, 0.1) is 0 Å². The van der Waals surface area contributed by atoms with E-state index < -0.39 is 30.5 Å². The molecule has 0 radical (unpaired) electrons. The molecule has 0 saturated heterocycles. The molecule has 0 aromatic heterocycles. The van der Waals surface area contributed by atoms with Crippen molar-refractivity contribution in [1.29, 1.82) is 0 Å². The van der Waals surface area contributed by atoms with E-state index in [1.807, 2.05) is 0 Å². The molecule has 2 nitrogen and oxygen atoms in total. The second-order valence-electron chi connectivity index (χ2n) is 0.331. The third-order valence-electron chi connectivity index (χ3n) is 0. The summed E-state index contributed by atoms with van der Waals surface area (Å²) in [7, 11) is 14.8. The van der Waals surface area contributed by atoms with Crippen molar-refractivity contribution in [3.8, 4) is 0 Å². The van der Waals surface area contributed by atoms with Gasteiger partial charge in [0.25, 0.3) is 0 Å². The van der Waals surface area contributed by atoms with Crippen LogP contribution in [0.3, 0.4) is 0 Å². The monoisotopic (exact) mass is 212 g/mol. The van der Waals surface area contributed by atoms with Crippen LogP contribution < -0.4 is 0 Å². The molecule has 0 spiro atoms. The minimum atomic E-state index is -2.00. The molecule has 0 aromatic carbocycles. The van der Waals surface area contributed by atoms with Crippen LogP contribution in [0.5, 0.6) is 0 Å². The van der Waals surface area contributed by atoms with E-state index in [-0.39, 0.29) is 0 Å². The predicted molar refractivity (Wildman–Crippen MR) is 24.7 cm³/mol. The van der Waals surface area contributed by atoms with Crippen LogP contribution in [-0.4, -0.2) is 11.4 Å². The van der Waals surface area contributed by atoms with E-state index in [0.717, 1.165) is 0 Å². The Hall–Kier alpha value is 1.72. The van der Waals surface area contributed by atoms with Crippen LogP contribution in [0.2, 0.25) is 0 Å². The van der Waals surface area contributed by atoms with E-state index in [9.17, 15) is 0 Å². The fraction of sp³-hybridized carbons (Fsp3) is 0. The van der Waals surface area contributed by atoms with E-state index in [4.69, 9.17) is 36.8 Å². The molecule has 0 rings (SSSR count). The third-order valence-corrected chi connectivity index (χ3v) is 0. The summed E-state index contributed by atoms with van der Waals surface area (Å²) in [5.74, 6) is 0. The van der Waals surface area contributed by atoms with Gasteiger partial charge in [-0.05, 0) is 0 Å². The second kappa shape index (κ2) is 10.7. The van der Waals surface area contributed by atoms with Gasteiger partial charge in [0.1, 0.15) is 0 Å². The van der Waals surface area contributed by atoms with Gasteiger partial charge >= 0.3 is 37.1 Å². The molecule has 0 aliphatic carbocycles. The van der Waals surface area contributed by atoms with Crippen LogP contribution in [-0.2, 0) is 25.7 Å². The first-order valence-corrected chi connectivity index (χ1v) is 7.58. The number of halogens is 3. The minimum absolute atomic E-state index is 1.72. The zero-order chi connectivity index (χ0) is 6.28. The van der Waals surface area contributed by atoms with Crippen molar-refractivity contribution in [3.63, 3.8) is 0 Å². The topological polar surface area (TPSA) is 34.1 Å². The molecule has 0 heterocycles. The molecule has 0 aliphatic rings. The summed E-state index contributed by atoms with van der Waals surface area (Å²) in [6.07, 6.45) is 0. The molecule has 0 unspecified atom stereocenters. The molecule has 0 aliphatic heterocycles. The first-order valence-electron chi connectivity index (χ1n) is 1.06. The van der Waals surface area contributed by atoms with Crippen molar-refractivity contribution in [1.82, 2.24) is 0 Å². The van der Waals surface area contributed by atoms with Crippen molar-refractivity contribution in [3.05, 3.63) is 0 Å². The van der Waals surface area contributed by atoms with Crippen molar-refractivity contribution in [2.24, 2.45) is 0 Å². The predicted octanol–water partition coefficient (Wildman–Crippen LogP) is 1.45. The van der Waals surface area contributed by atoms with Gasteiger partial charge in [-0.2, -0.15) is 0 Å². The second-order valence-corrected chi connectivity index (χ2v) is 7.02. The summed E-state index contributed by atoms with van der Waals surface area (Å²) >= 11 is -3.72. The number of rotatable bonds is 0. The Kier molecular flexibility index (Phi) is 17.5. The van der Waals surface area contributed by atoms with Gasteiger partial charge in [0.05, 0.1) is 0 Å². The first-order chi connectivity index (χ1) is 3.15. The van der Waals surface area contributed by atoms with Gasteiger partial charge in [-0.3, -0.25) is 0 Å². The van der Waals surface area contributed by atoms with Gasteiger partial charge in [-0.1, -0.05) is 0 Å². The van der Waals surface area contributed by atoms with Crippen LogP contribution in [0.15, 0.2) is 0 Å². The molecule has 7 heavy (non-hydrogen) atoms. The SMILES string of the molecule is [Cl][Al]([Cl])[Cl].[O]=[Ti]=[O]. The average Bonchev–Trinajstić information content (AvgIpc) is 1.33. The molecule has 0 fully saturated rings. The summed E-state index contributed by atoms with van der Waals surface area (Å²) < 4.78 is 17.0. The van der Waals surface area contributed by atoms with Gasteiger partial charge in [-0.25, -0.2) is 30.1 Å². The van der Waals surface area contributed by atoms with Gasteiger partial charge in [-0.15, -0.1) is 0 Å². The summed E-state index contributed by atoms with van der Waals surface area (Å²) in [6, 6.07) is 0. The van der Waals surface area contributed by atoms with Crippen molar-refractivity contribution in [2.45, 2.75) is 0 Å². The van der Waals surface area contributed by atoms with Gasteiger partial charge in [0.2, 0.25) is 0 Å². The quantitative estimate of drug-likeness (QED) is 0.571. The zero-order valence-electron chi connectivity index (χ0n) is 3.03. The van der Waals surface area contributed by atoms with E-state index in [2.05, 4.69) is 0 Å². The molecular formula is AlCl3O2Ti. The Morgan fingerprint density at radius 3 is 1.14 bits per heavy atom. The fourth-order valence-corrected chi connectivity index (χ4v) is 0.